The third-order valence-corrected chi connectivity index (χ3v) is 6.12. The fourth-order valence-corrected chi connectivity index (χ4v) is 4.30. The summed E-state index contributed by atoms with van der Waals surface area (Å²) in [5, 5.41) is 2.34. The topological polar surface area (TPSA) is 54.0 Å². The van der Waals surface area contributed by atoms with Crippen molar-refractivity contribution in [2.75, 3.05) is 27.2 Å². The van der Waals surface area contributed by atoms with Crippen LogP contribution in [-0.2, 0) is 0 Å². The van der Waals surface area contributed by atoms with Crippen molar-refractivity contribution in [3.05, 3.63) is 66.7 Å². The van der Waals surface area contributed by atoms with Crippen LogP contribution in [0.15, 0.2) is 60.9 Å². The molecule has 3 heterocycles. The Morgan fingerprint density at radius 1 is 0.933 bits per heavy atom. The lowest BCUT2D eigenvalue weighted by Crippen LogP contribution is -2.29. The summed E-state index contributed by atoms with van der Waals surface area (Å²) in [6.07, 6.45) is 5.94. The SMILES string of the molecule is COc1ccc2cc(-c3nc(C4CCN(C)CC4)[nH]c3-c3ccncc3)ccc2c1. The van der Waals surface area contributed by atoms with Crippen LogP contribution in [0.5, 0.6) is 5.75 Å². The van der Waals surface area contributed by atoms with E-state index in [0.717, 1.165) is 65.4 Å². The number of rotatable bonds is 4. The van der Waals surface area contributed by atoms with Crippen LogP contribution >= 0.6 is 0 Å². The van der Waals surface area contributed by atoms with Gasteiger partial charge in [-0.25, -0.2) is 4.98 Å². The smallest absolute Gasteiger partial charge is 0.119 e. The minimum absolute atomic E-state index is 0.472. The van der Waals surface area contributed by atoms with Crippen LogP contribution in [0.3, 0.4) is 0 Å². The molecule has 1 N–H and O–H groups in total. The van der Waals surface area contributed by atoms with Crippen molar-refractivity contribution < 1.29 is 4.74 Å². The summed E-state index contributed by atoms with van der Waals surface area (Å²) in [6.45, 7) is 2.23. The number of imidazole rings is 1. The summed E-state index contributed by atoms with van der Waals surface area (Å²) in [5.41, 5.74) is 4.31. The average molecular weight is 399 g/mol. The molecule has 1 aliphatic heterocycles. The predicted molar refractivity (Wildman–Crippen MR) is 121 cm³/mol. The van der Waals surface area contributed by atoms with Gasteiger partial charge in [0.1, 0.15) is 11.6 Å². The molecular weight excluding hydrogens is 372 g/mol. The van der Waals surface area contributed by atoms with Gasteiger partial charge in [-0.15, -0.1) is 0 Å². The fraction of sp³-hybridized carbons (Fsp3) is 0.280. The van der Waals surface area contributed by atoms with Crippen LogP contribution < -0.4 is 4.74 Å². The van der Waals surface area contributed by atoms with E-state index in [0.29, 0.717) is 5.92 Å². The largest absolute Gasteiger partial charge is 0.497 e. The zero-order valence-electron chi connectivity index (χ0n) is 17.4. The van der Waals surface area contributed by atoms with E-state index in [9.17, 15) is 0 Å². The monoisotopic (exact) mass is 398 g/mol. The van der Waals surface area contributed by atoms with Gasteiger partial charge in [-0.3, -0.25) is 4.98 Å². The summed E-state index contributed by atoms with van der Waals surface area (Å²) < 4.78 is 5.37. The number of hydrogen-bond acceptors (Lipinski definition) is 4. The molecule has 5 rings (SSSR count). The lowest BCUT2D eigenvalue weighted by Gasteiger charge is -2.27. The van der Waals surface area contributed by atoms with E-state index in [1.807, 2.05) is 30.6 Å². The Kier molecular flexibility index (Phi) is 4.97. The summed E-state index contributed by atoms with van der Waals surface area (Å²) in [4.78, 5) is 15.4. The second-order valence-corrected chi connectivity index (χ2v) is 8.09. The lowest BCUT2D eigenvalue weighted by atomic mass is 9.96. The average Bonchev–Trinajstić information content (AvgIpc) is 3.25. The maximum Gasteiger partial charge on any atom is 0.119 e. The van der Waals surface area contributed by atoms with Crippen molar-refractivity contribution in [3.8, 4) is 28.3 Å². The number of H-pyrrole nitrogens is 1. The molecule has 0 saturated carbocycles. The molecule has 0 amide bonds. The number of nitrogens with one attached hydrogen (secondary N) is 1. The molecule has 5 heteroatoms. The molecule has 0 radical (unpaired) electrons. The minimum atomic E-state index is 0.472. The standard InChI is InChI=1S/C25H26N4O/c1-29-13-9-18(10-14-29)25-27-23(17-7-11-26-12-8-17)24(28-25)21-4-3-20-16-22(30-2)6-5-19(20)15-21/h3-8,11-12,15-16,18H,9-10,13-14H2,1-2H3,(H,27,28). The van der Waals surface area contributed by atoms with Crippen LogP contribution in [-0.4, -0.2) is 47.1 Å². The molecule has 1 saturated heterocycles. The van der Waals surface area contributed by atoms with Crippen LogP contribution in [0.4, 0.5) is 0 Å². The first-order chi connectivity index (χ1) is 14.7. The highest BCUT2D eigenvalue weighted by Crippen LogP contribution is 2.36. The molecule has 30 heavy (non-hydrogen) atoms. The number of nitrogens with zero attached hydrogens (tertiary/aromatic N) is 3. The first-order valence-corrected chi connectivity index (χ1v) is 10.5. The summed E-state index contributed by atoms with van der Waals surface area (Å²) in [7, 11) is 3.89. The molecule has 0 aliphatic carbocycles. The number of fused-ring (bicyclic) bond motifs is 1. The Labute approximate surface area is 176 Å². The summed E-state index contributed by atoms with van der Waals surface area (Å²) in [5.74, 6) is 2.44. The number of aromatic nitrogens is 3. The van der Waals surface area contributed by atoms with Gasteiger partial charge in [0.25, 0.3) is 0 Å². The van der Waals surface area contributed by atoms with E-state index in [-0.39, 0.29) is 0 Å². The molecule has 2 aromatic heterocycles. The molecule has 4 aromatic rings. The third kappa shape index (κ3) is 3.57. The highest BCUT2D eigenvalue weighted by molar-refractivity contribution is 5.90. The van der Waals surface area contributed by atoms with E-state index in [1.54, 1.807) is 7.11 Å². The Hall–Kier alpha value is -3.18. The van der Waals surface area contributed by atoms with Crippen molar-refractivity contribution in [2.24, 2.45) is 0 Å². The number of ether oxygens (including phenoxy) is 1. The number of hydrogen-bond donors (Lipinski definition) is 1. The molecule has 1 aliphatic rings. The van der Waals surface area contributed by atoms with Gasteiger partial charge in [-0.05, 0) is 74.1 Å². The number of aromatic amines is 1. The number of benzene rings is 2. The van der Waals surface area contributed by atoms with Crippen LogP contribution in [0.25, 0.3) is 33.3 Å². The second kappa shape index (κ2) is 7.92. The summed E-state index contributed by atoms with van der Waals surface area (Å²) in [6, 6.07) is 16.8. The number of methoxy groups -OCH3 is 1. The normalized spacial score (nSPS) is 15.5. The molecule has 2 aromatic carbocycles. The van der Waals surface area contributed by atoms with Gasteiger partial charge in [0.05, 0.1) is 18.5 Å². The number of likely N-dealkylation sites (tertiary alicyclic amines) is 1. The fourth-order valence-electron chi connectivity index (χ4n) is 4.30. The van der Waals surface area contributed by atoms with Crippen molar-refractivity contribution in [1.29, 1.82) is 0 Å². The molecule has 0 atom stereocenters. The van der Waals surface area contributed by atoms with Gasteiger partial charge in [0.2, 0.25) is 0 Å². The van der Waals surface area contributed by atoms with Gasteiger partial charge in [0, 0.05) is 29.4 Å². The van der Waals surface area contributed by atoms with Gasteiger partial charge >= 0.3 is 0 Å². The zero-order chi connectivity index (χ0) is 20.5. The van der Waals surface area contributed by atoms with E-state index in [4.69, 9.17) is 9.72 Å². The Morgan fingerprint density at radius 2 is 1.67 bits per heavy atom. The molecule has 152 valence electrons. The van der Waals surface area contributed by atoms with E-state index >= 15 is 0 Å². The van der Waals surface area contributed by atoms with E-state index in [1.165, 1.54) is 5.39 Å². The first-order valence-electron chi connectivity index (χ1n) is 10.5. The van der Waals surface area contributed by atoms with Gasteiger partial charge in [0.15, 0.2) is 0 Å². The zero-order valence-corrected chi connectivity index (χ0v) is 17.4. The number of piperidine rings is 1. The molecule has 1 fully saturated rings. The molecule has 0 unspecified atom stereocenters. The quantitative estimate of drug-likeness (QED) is 0.519. The van der Waals surface area contributed by atoms with E-state index < -0.39 is 0 Å². The predicted octanol–water partition coefficient (Wildman–Crippen LogP) is 5.11. The van der Waals surface area contributed by atoms with Gasteiger partial charge < -0.3 is 14.6 Å². The molecule has 0 bridgehead atoms. The highest BCUT2D eigenvalue weighted by Gasteiger charge is 2.24. The highest BCUT2D eigenvalue weighted by atomic mass is 16.5. The van der Waals surface area contributed by atoms with Crippen LogP contribution in [0, 0.1) is 0 Å². The molecular formula is C25H26N4O. The maximum absolute atomic E-state index is 5.37. The van der Waals surface area contributed by atoms with Gasteiger partial charge in [-0.1, -0.05) is 18.2 Å². The third-order valence-electron chi connectivity index (χ3n) is 6.12. The Balaban J connectivity index is 1.60. The first kappa shape index (κ1) is 18.8. The Bertz CT molecular complexity index is 1160. The maximum atomic E-state index is 5.37. The van der Waals surface area contributed by atoms with Gasteiger partial charge in [-0.2, -0.15) is 0 Å². The van der Waals surface area contributed by atoms with Crippen molar-refractivity contribution >= 4 is 10.8 Å². The van der Waals surface area contributed by atoms with Crippen LogP contribution in [0.2, 0.25) is 0 Å². The van der Waals surface area contributed by atoms with Crippen molar-refractivity contribution in [3.63, 3.8) is 0 Å². The lowest BCUT2D eigenvalue weighted by molar-refractivity contribution is 0.251. The summed E-state index contributed by atoms with van der Waals surface area (Å²) >= 11 is 0. The van der Waals surface area contributed by atoms with Crippen LogP contribution in [0.1, 0.15) is 24.6 Å². The van der Waals surface area contributed by atoms with E-state index in [2.05, 4.69) is 52.2 Å². The second-order valence-electron chi connectivity index (χ2n) is 8.09. The van der Waals surface area contributed by atoms with Crippen molar-refractivity contribution in [1.82, 2.24) is 19.9 Å². The molecule has 0 spiro atoms. The molecule has 5 nitrogen and oxygen atoms in total. The minimum Gasteiger partial charge on any atom is -0.497 e. The number of pyridine rings is 1. The Morgan fingerprint density at radius 3 is 2.43 bits per heavy atom. The van der Waals surface area contributed by atoms with Crippen molar-refractivity contribution in [2.45, 2.75) is 18.8 Å².